The Labute approximate surface area is 234 Å². The number of nitrogens with zero attached hydrogens (tertiary/aromatic N) is 6. The van der Waals surface area contributed by atoms with E-state index in [1.165, 1.54) is 11.1 Å². The number of aryl methyl sites for hydroxylation is 4. The predicted molar refractivity (Wildman–Crippen MR) is 157 cm³/mol. The standard InChI is InChI=1S/C32H37N7O/c1-5-28-34-29-20(4)18-23(16-17-32(40,6-2)7-3)33-31(29)39(28)27-15-13-22-19-21(12-14-25(22)27)24-10-8-9-11-26(24)30-35-37-38-36-30/h8-12,14,18-19,27,40H,5-7,13,15-17H2,1-4H3,(H,35,36,37,38). The zero-order valence-corrected chi connectivity index (χ0v) is 23.8. The highest BCUT2D eigenvalue weighted by atomic mass is 16.3. The van der Waals surface area contributed by atoms with Crippen LogP contribution in [0, 0.1) is 6.92 Å². The molecule has 3 aromatic heterocycles. The van der Waals surface area contributed by atoms with Crippen molar-refractivity contribution in [1.82, 2.24) is 35.2 Å². The summed E-state index contributed by atoms with van der Waals surface area (Å²) in [6, 6.07) is 17.4. The van der Waals surface area contributed by atoms with Crippen LogP contribution in [0.2, 0.25) is 0 Å². The molecule has 5 aromatic rings. The van der Waals surface area contributed by atoms with E-state index in [2.05, 4.69) is 83.2 Å². The summed E-state index contributed by atoms with van der Waals surface area (Å²) in [6.45, 7) is 8.41. The summed E-state index contributed by atoms with van der Waals surface area (Å²) in [5.41, 5.74) is 9.41. The first-order valence-corrected chi connectivity index (χ1v) is 14.5. The van der Waals surface area contributed by atoms with Crippen molar-refractivity contribution in [2.45, 2.75) is 84.3 Å². The molecule has 8 heteroatoms. The number of aromatic amines is 1. The van der Waals surface area contributed by atoms with Crippen molar-refractivity contribution in [3.8, 4) is 22.5 Å². The van der Waals surface area contributed by atoms with Gasteiger partial charge in [0.15, 0.2) is 5.65 Å². The molecule has 0 bridgehead atoms. The molecule has 6 rings (SSSR count). The van der Waals surface area contributed by atoms with Gasteiger partial charge in [0.25, 0.3) is 0 Å². The number of rotatable bonds is 9. The van der Waals surface area contributed by atoms with E-state index in [0.29, 0.717) is 12.2 Å². The third-order valence-electron chi connectivity index (χ3n) is 8.77. The molecular weight excluding hydrogens is 498 g/mol. The van der Waals surface area contributed by atoms with Gasteiger partial charge in [0, 0.05) is 17.7 Å². The van der Waals surface area contributed by atoms with Gasteiger partial charge in [-0.1, -0.05) is 63.2 Å². The minimum absolute atomic E-state index is 0.196. The molecule has 8 nitrogen and oxygen atoms in total. The van der Waals surface area contributed by atoms with Crippen LogP contribution in [0.4, 0.5) is 0 Å². The number of nitrogens with one attached hydrogen (secondary N) is 1. The van der Waals surface area contributed by atoms with Gasteiger partial charge >= 0.3 is 0 Å². The summed E-state index contributed by atoms with van der Waals surface area (Å²) in [5, 5.41) is 25.6. The van der Waals surface area contributed by atoms with Gasteiger partial charge in [-0.05, 0) is 84.5 Å². The van der Waals surface area contributed by atoms with Crippen LogP contribution in [0.15, 0.2) is 48.5 Å². The molecule has 1 aliphatic rings. The lowest BCUT2D eigenvalue weighted by Gasteiger charge is -2.25. The highest BCUT2D eigenvalue weighted by molar-refractivity contribution is 5.81. The number of aromatic nitrogens is 7. The van der Waals surface area contributed by atoms with Gasteiger partial charge in [0.1, 0.15) is 11.3 Å². The Morgan fingerprint density at radius 3 is 2.55 bits per heavy atom. The average Bonchev–Trinajstić information content (AvgIpc) is 3.74. The van der Waals surface area contributed by atoms with Crippen LogP contribution in [0.5, 0.6) is 0 Å². The van der Waals surface area contributed by atoms with E-state index in [-0.39, 0.29) is 6.04 Å². The molecular formula is C32H37N7O. The predicted octanol–water partition coefficient (Wildman–Crippen LogP) is 6.17. The third-order valence-corrected chi connectivity index (χ3v) is 8.77. The van der Waals surface area contributed by atoms with Crippen molar-refractivity contribution in [1.29, 1.82) is 0 Å². The van der Waals surface area contributed by atoms with Crippen LogP contribution in [0.1, 0.15) is 80.7 Å². The molecule has 1 atom stereocenters. The fraction of sp³-hybridized carbons (Fsp3) is 0.406. The maximum Gasteiger partial charge on any atom is 0.205 e. The Balaban J connectivity index is 1.38. The van der Waals surface area contributed by atoms with E-state index in [4.69, 9.17) is 9.97 Å². The normalized spacial score (nSPS) is 15.2. The first-order chi connectivity index (χ1) is 19.4. The first kappa shape index (κ1) is 26.3. The lowest BCUT2D eigenvalue weighted by atomic mass is 9.91. The van der Waals surface area contributed by atoms with Gasteiger partial charge in [0.2, 0.25) is 5.82 Å². The van der Waals surface area contributed by atoms with Crippen LogP contribution in [0.3, 0.4) is 0 Å². The molecule has 0 amide bonds. The van der Waals surface area contributed by atoms with Gasteiger partial charge in [-0.15, -0.1) is 10.2 Å². The number of H-pyrrole nitrogens is 1. The van der Waals surface area contributed by atoms with E-state index in [0.717, 1.165) is 83.5 Å². The summed E-state index contributed by atoms with van der Waals surface area (Å²) in [4.78, 5) is 10.2. The minimum Gasteiger partial charge on any atom is -0.390 e. The molecule has 0 spiro atoms. The van der Waals surface area contributed by atoms with Gasteiger partial charge < -0.3 is 9.67 Å². The average molecular weight is 536 g/mol. The molecule has 2 N–H and O–H groups in total. The van der Waals surface area contributed by atoms with Crippen molar-refractivity contribution < 1.29 is 5.11 Å². The van der Waals surface area contributed by atoms with E-state index in [1.54, 1.807) is 0 Å². The molecule has 0 saturated carbocycles. The molecule has 0 fully saturated rings. The van der Waals surface area contributed by atoms with Crippen LogP contribution < -0.4 is 0 Å². The molecule has 0 saturated heterocycles. The number of hydrogen-bond acceptors (Lipinski definition) is 6. The summed E-state index contributed by atoms with van der Waals surface area (Å²) in [5.74, 6) is 1.67. The SMILES string of the molecule is CCc1nc2c(C)cc(CCC(O)(CC)CC)nc2n1C1CCc2cc(-c3ccccc3-c3nn[nH]n3)ccc21. The fourth-order valence-electron chi connectivity index (χ4n) is 6.23. The summed E-state index contributed by atoms with van der Waals surface area (Å²) < 4.78 is 2.39. The van der Waals surface area contributed by atoms with E-state index < -0.39 is 5.60 Å². The summed E-state index contributed by atoms with van der Waals surface area (Å²) in [7, 11) is 0. The maximum atomic E-state index is 10.9. The Hall–Kier alpha value is -3.91. The minimum atomic E-state index is -0.635. The van der Waals surface area contributed by atoms with Gasteiger partial charge in [-0.2, -0.15) is 5.21 Å². The molecule has 2 aromatic carbocycles. The largest absolute Gasteiger partial charge is 0.390 e. The van der Waals surface area contributed by atoms with Crippen molar-refractivity contribution >= 4 is 11.2 Å². The molecule has 0 radical (unpaired) electrons. The van der Waals surface area contributed by atoms with E-state index >= 15 is 0 Å². The smallest absolute Gasteiger partial charge is 0.205 e. The van der Waals surface area contributed by atoms with Crippen molar-refractivity contribution in [2.24, 2.45) is 0 Å². The third kappa shape index (κ3) is 4.60. The van der Waals surface area contributed by atoms with Gasteiger partial charge in [-0.25, -0.2) is 9.97 Å². The van der Waals surface area contributed by atoms with Crippen LogP contribution in [-0.4, -0.2) is 45.9 Å². The van der Waals surface area contributed by atoms with Crippen LogP contribution >= 0.6 is 0 Å². The Kier molecular flexibility index (Phi) is 6.96. The number of hydrogen-bond donors (Lipinski definition) is 2. The molecule has 206 valence electrons. The highest BCUT2D eigenvalue weighted by Crippen LogP contribution is 2.40. The Morgan fingerprint density at radius 2 is 1.82 bits per heavy atom. The molecule has 1 unspecified atom stereocenters. The van der Waals surface area contributed by atoms with Crippen molar-refractivity contribution in [3.63, 3.8) is 0 Å². The quantitative estimate of drug-likeness (QED) is 0.234. The Morgan fingerprint density at radius 1 is 1.02 bits per heavy atom. The van der Waals surface area contributed by atoms with E-state index in [9.17, 15) is 5.11 Å². The van der Waals surface area contributed by atoms with Crippen LogP contribution in [0.25, 0.3) is 33.7 Å². The summed E-state index contributed by atoms with van der Waals surface area (Å²) in [6.07, 6.45) is 5.84. The van der Waals surface area contributed by atoms with Gasteiger partial charge in [-0.3, -0.25) is 0 Å². The topological polar surface area (TPSA) is 105 Å². The van der Waals surface area contributed by atoms with Crippen molar-refractivity contribution in [2.75, 3.05) is 0 Å². The number of benzene rings is 2. The van der Waals surface area contributed by atoms with E-state index in [1.807, 2.05) is 18.2 Å². The highest BCUT2D eigenvalue weighted by Gasteiger charge is 2.29. The number of tetrazole rings is 1. The number of aliphatic hydroxyl groups is 1. The lowest BCUT2D eigenvalue weighted by Crippen LogP contribution is -2.27. The Bertz CT molecular complexity index is 1650. The maximum absolute atomic E-state index is 10.9. The second-order valence-corrected chi connectivity index (χ2v) is 11.0. The second kappa shape index (κ2) is 10.6. The monoisotopic (exact) mass is 535 g/mol. The zero-order chi connectivity index (χ0) is 27.9. The molecule has 0 aliphatic heterocycles. The van der Waals surface area contributed by atoms with Crippen LogP contribution in [-0.2, 0) is 19.3 Å². The molecule has 40 heavy (non-hydrogen) atoms. The number of fused-ring (bicyclic) bond motifs is 2. The number of pyridine rings is 1. The first-order valence-electron chi connectivity index (χ1n) is 14.5. The molecule has 3 heterocycles. The van der Waals surface area contributed by atoms with Crippen molar-refractivity contribution in [3.05, 3.63) is 76.7 Å². The number of imidazole rings is 1. The molecule has 1 aliphatic carbocycles. The second-order valence-electron chi connectivity index (χ2n) is 11.0. The fourth-order valence-corrected chi connectivity index (χ4v) is 6.23. The lowest BCUT2D eigenvalue weighted by molar-refractivity contribution is 0.0237. The van der Waals surface area contributed by atoms with Gasteiger partial charge in [0.05, 0.1) is 11.6 Å². The zero-order valence-electron chi connectivity index (χ0n) is 23.8. The summed E-state index contributed by atoms with van der Waals surface area (Å²) >= 11 is 0.